The molecule has 0 aliphatic heterocycles. The van der Waals surface area contributed by atoms with Crippen molar-refractivity contribution in [2.24, 2.45) is 5.92 Å². The topological polar surface area (TPSA) is 61.9 Å². The van der Waals surface area contributed by atoms with E-state index in [4.69, 9.17) is 4.74 Å². The van der Waals surface area contributed by atoms with Gasteiger partial charge in [0.2, 0.25) is 0 Å². The molecular formula is C30H39F2N3O3. The maximum atomic E-state index is 13.8. The molecule has 2 saturated carbocycles. The number of esters is 1. The fourth-order valence-electron chi connectivity index (χ4n) is 6.28. The van der Waals surface area contributed by atoms with Crippen LogP contribution in [-0.4, -0.2) is 60.1 Å². The van der Waals surface area contributed by atoms with Crippen LogP contribution in [-0.2, 0) is 10.2 Å². The highest BCUT2D eigenvalue weighted by molar-refractivity contribution is 5.90. The fourth-order valence-corrected chi connectivity index (χ4v) is 6.28. The zero-order valence-corrected chi connectivity index (χ0v) is 23.0. The molecule has 2 aromatic rings. The molecule has 206 valence electrons. The highest BCUT2D eigenvalue weighted by atomic mass is 19.2. The highest BCUT2D eigenvalue weighted by Crippen LogP contribution is 2.63. The number of hydrogen-bond donors (Lipinski definition) is 1. The van der Waals surface area contributed by atoms with Crippen LogP contribution in [0.3, 0.4) is 0 Å². The van der Waals surface area contributed by atoms with Gasteiger partial charge in [-0.25, -0.2) is 18.4 Å². The van der Waals surface area contributed by atoms with E-state index in [9.17, 15) is 18.4 Å². The fraction of sp³-hybridized carbons (Fsp3) is 0.533. The lowest BCUT2D eigenvalue weighted by Gasteiger charge is -2.39. The number of nitrogens with one attached hydrogen (secondary N) is 1. The van der Waals surface area contributed by atoms with E-state index in [1.54, 1.807) is 6.07 Å². The Kier molecular flexibility index (Phi) is 8.40. The summed E-state index contributed by atoms with van der Waals surface area (Å²) in [6.45, 7) is 9.84. The molecule has 0 saturated heterocycles. The summed E-state index contributed by atoms with van der Waals surface area (Å²) in [5.41, 5.74) is 1.99. The van der Waals surface area contributed by atoms with Crippen LogP contribution in [0.1, 0.15) is 69.3 Å². The normalized spacial score (nSPS) is 22.4. The average Bonchev–Trinajstić information content (AvgIpc) is 3.63. The van der Waals surface area contributed by atoms with Crippen LogP contribution < -0.4 is 5.32 Å². The third kappa shape index (κ3) is 5.85. The zero-order valence-electron chi connectivity index (χ0n) is 23.0. The van der Waals surface area contributed by atoms with Crippen molar-refractivity contribution in [3.8, 4) is 0 Å². The number of rotatable bonds is 9. The van der Waals surface area contributed by atoms with Crippen LogP contribution in [0.25, 0.3) is 0 Å². The lowest BCUT2D eigenvalue weighted by molar-refractivity contribution is 0.0600. The number of anilines is 1. The number of carbonyl (C=O) groups excluding carboxylic acids is 2. The third-order valence-corrected chi connectivity index (χ3v) is 8.37. The first-order valence-corrected chi connectivity index (χ1v) is 13.5. The minimum Gasteiger partial charge on any atom is -0.465 e. The first-order chi connectivity index (χ1) is 18.1. The molecule has 38 heavy (non-hydrogen) atoms. The van der Waals surface area contributed by atoms with Crippen molar-refractivity contribution in [1.29, 1.82) is 0 Å². The van der Waals surface area contributed by atoms with Gasteiger partial charge in [-0.3, -0.25) is 4.90 Å². The number of urea groups is 1. The largest absolute Gasteiger partial charge is 0.465 e. The summed E-state index contributed by atoms with van der Waals surface area (Å²) in [4.78, 5) is 29.8. The molecule has 4 rings (SSSR count). The van der Waals surface area contributed by atoms with Crippen molar-refractivity contribution in [1.82, 2.24) is 9.80 Å². The minimum atomic E-state index is -0.991. The molecule has 2 aliphatic carbocycles. The number of carbonyl (C=O) groups is 2. The van der Waals surface area contributed by atoms with E-state index < -0.39 is 11.6 Å². The van der Waals surface area contributed by atoms with Crippen molar-refractivity contribution in [3.05, 3.63) is 65.2 Å². The van der Waals surface area contributed by atoms with Gasteiger partial charge in [-0.2, -0.15) is 0 Å². The second kappa shape index (κ2) is 11.4. The van der Waals surface area contributed by atoms with E-state index in [0.29, 0.717) is 36.7 Å². The molecule has 1 unspecified atom stereocenters. The smallest absolute Gasteiger partial charge is 0.337 e. The summed E-state index contributed by atoms with van der Waals surface area (Å²) in [5, 5.41) is 2.80. The molecule has 2 fully saturated rings. The predicted molar refractivity (Wildman–Crippen MR) is 144 cm³/mol. The van der Waals surface area contributed by atoms with Gasteiger partial charge in [0.1, 0.15) is 0 Å². The van der Waals surface area contributed by atoms with Crippen LogP contribution >= 0.6 is 0 Å². The molecule has 8 heteroatoms. The Hall–Kier alpha value is -3.00. The maximum Gasteiger partial charge on any atom is 0.337 e. The van der Waals surface area contributed by atoms with E-state index in [1.165, 1.54) is 13.2 Å². The second-order valence-corrected chi connectivity index (χ2v) is 11.2. The Morgan fingerprint density at radius 2 is 1.79 bits per heavy atom. The van der Waals surface area contributed by atoms with E-state index >= 15 is 0 Å². The SMILES string of the molecule is COC(=O)c1cccc([C@@]23CC[C@@H](N(CCN(C(C)C)C(C)C)C(=O)Nc4ccc(F)c(F)c4)CC2C3)c1. The average molecular weight is 528 g/mol. The van der Waals surface area contributed by atoms with Gasteiger partial charge in [0, 0.05) is 43.0 Å². The number of methoxy groups -OCH3 is 1. The lowest BCUT2D eigenvalue weighted by atomic mass is 9.80. The molecule has 3 atom stereocenters. The molecular weight excluding hydrogens is 488 g/mol. The van der Waals surface area contributed by atoms with Crippen molar-refractivity contribution in [2.45, 2.75) is 76.9 Å². The van der Waals surface area contributed by atoms with E-state index in [-0.39, 0.29) is 29.1 Å². The van der Waals surface area contributed by atoms with Gasteiger partial charge in [0.15, 0.2) is 11.6 Å². The number of ether oxygens (including phenoxy) is 1. The van der Waals surface area contributed by atoms with E-state index in [2.05, 4.69) is 44.0 Å². The van der Waals surface area contributed by atoms with Gasteiger partial charge in [-0.05, 0) is 94.5 Å². The van der Waals surface area contributed by atoms with E-state index in [0.717, 1.165) is 43.4 Å². The summed E-state index contributed by atoms with van der Waals surface area (Å²) in [7, 11) is 1.39. The summed E-state index contributed by atoms with van der Waals surface area (Å²) in [6, 6.07) is 11.5. The summed E-state index contributed by atoms with van der Waals surface area (Å²) >= 11 is 0. The quantitative estimate of drug-likeness (QED) is 0.394. The van der Waals surface area contributed by atoms with Gasteiger partial charge in [-0.15, -0.1) is 0 Å². The molecule has 0 aromatic heterocycles. The first-order valence-electron chi connectivity index (χ1n) is 13.5. The standard InChI is InChI=1S/C30H39F2N3O3/c1-19(2)34(20(3)4)13-14-35(29(37)33-24-9-10-26(31)27(32)17-24)25-11-12-30(18-23(30)16-25)22-8-6-7-21(15-22)28(36)38-5/h6-10,15,17,19-20,23,25H,11-14,16,18H2,1-5H3,(H,33,37)/t23?,25-,30+/m1/s1. The van der Waals surface area contributed by atoms with Crippen molar-refractivity contribution in [3.63, 3.8) is 0 Å². The summed E-state index contributed by atoms with van der Waals surface area (Å²) in [5.74, 6) is -1.86. The Balaban J connectivity index is 1.51. The molecule has 1 N–H and O–H groups in total. The van der Waals surface area contributed by atoms with Crippen LogP contribution in [0.4, 0.5) is 19.3 Å². The number of benzene rings is 2. The number of fused-ring (bicyclic) bond motifs is 1. The minimum absolute atomic E-state index is 0.0324. The lowest BCUT2D eigenvalue weighted by Crippen LogP contribution is -2.50. The number of nitrogens with zero attached hydrogens (tertiary/aromatic N) is 2. The van der Waals surface area contributed by atoms with Gasteiger partial charge < -0.3 is 15.0 Å². The Morgan fingerprint density at radius 1 is 1.05 bits per heavy atom. The molecule has 2 amide bonds. The summed E-state index contributed by atoms with van der Waals surface area (Å²) < 4.78 is 32.1. The van der Waals surface area contributed by atoms with Crippen molar-refractivity contribution in [2.75, 3.05) is 25.5 Å². The monoisotopic (exact) mass is 527 g/mol. The predicted octanol–water partition coefficient (Wildman–Crippen LogP) is 6.21. The maximum absolute atomic E-state index is 13.8. The van der Waals surface area contributed by atoms with Crippen LogP contribution in [0.5, 0.6) is 0 Å². The molecule has 6 nitrogen and oxygen atoms in total. The Labute approximate surface area is 224 Å². The van der Waals surface area contributed by atoms with Gasteiger partial charge in [0.05, 0.1) is 12.7 Å². The van der Waals surface area contributed by atoms with Gasteiger partial charge >= 0.3 is 12.0 Å². The Morgan fingerprint density at radius 3 is 2.42 bits per heavy atom. The second-order valence-electron chi connectivity index (χ2n) is 11.2. The molecule has 0 heterocycles. The number of hydrogen-bond acceptors (Lipinski definition) is 4. The van der Waals surface area contributed by atoms with Gasteiger partial charge in [0.25, 0.3) is 0 Å². The zero-order chi connectivity index (χ0) is 27.6. The van der Waals surface area contributed by atoms with Gasteiger partial charge in [-0.1, -0.05) is 12.1 Å². The highest BCUT2D eigenvalue weighted by Gasteiger charge is 2.58. The molecule has 0 radical (unpaired) electrons. The molecule has 2 aliphatic rings. The summed E-state index contributed by atoms with van der Waals surface area (Å²) in [6.07, 6.45) is 3.63. The van der Waals surface area contributed by atoms with Crippen molar-refractivity contribution < 1.29 is 23.1 Å². The van der Waals surface area contributed by atoms with Crippen LogP contribution in [0.15, 0.2) is 42.5 Å². The number of halogens is 2. The third-order valence-electron chi connectivity index (χ3n) is 8.37. The molecule has 0 spiro atoms. The Bertz CT molecular complexity index is 1160. The number of amides is 2. The van der Waals surface area contributed by atoms with Crippen molar-refractivity contribution >= 4 is 17.7 Å². The van der Waals surface area contributed by atoms with E-state index in [1.807, 2.05) is 17.0 Å². The van der Waals surface area contributed by atoms with Crippen LogP contribution in [0.2, 0.25) is 0 Å². The van der Waals surface area contributed by atoms with Crippen LogP contribution in [0, 0.1) is 17.6 Å². The first kappa shape index (κ1) is 28.0. The molecule has 2 aromatic carbocycles. The molecule has 0 bridgehead atoms.